The summed E-state index contributed by atoms with van der Waals surface area (Å²) in [6, 6.07) is 1.70. The van der Waals surface area contributed by atoms with Crippen LogP contribution in [0.1, 0.15) is 35.4 Å². The second kappa shape index (κ2) is 8.72. The van der Waals surface area contributed by atoms with Crippen LogP contribution in [0.3, 0.4) is 0 Å². The van der Waals surface area contributed by atoms with Gasteiger partial charge in [0.25, 0.3) is 0 Å². The van der Waals surface area contributed by atoms with Crippen LogP contribution in [0.15, 0.2) is 16.7 Å². The molecule has 5 heteroatoms. The second-order valence-corrected chi connectivity index (χ2v) is 4.02. The number of methoxy groups -OCH3 is 2. The third-order valence-corrected chi connectivity index (χ3v) is 2.58. The number of hydrogen-bond donors (Lipinski definition) is 1. The molecular weight excluding hydrogens is 234 g/mol. The Morgan fingerprint density at radius 2 is 2.17 bits per heavy atom. The van der Waals surface area contributed by atoms with Gasteiger partial charge < -0.3 is 19.2 Å². The van der Waals surface area contributed by atoms with Crippen LogP contribution < -0.4 is 5.32 Å². The van der Waals surface area contributed by atoms with Crippen molar-refractivity contribution in [2.24, 2.45) is 0 Å². The Bertz CT molecular complexity index is 349. The van der Waals surface area contributed by atoms with Crippen LogP contribution in [-0.2, 0) is 16.0 Å². The maximum Gasteiger partial charge on any atom is 0.341 e. The van der Waals surface area contributed by atoms with E-state index < -0.39 is 0 Å². The zero-order valence-corrected chi connectivity index (χ0v) is 11.0. The van der Waals surface area contributed by atoms with Crippen LogP contribution in [0, 0.1) is 0 Å². The molecule has 0 aromatic carbocycles. The number of unbranched alkanes of at least 4 members (excludes halogenated alkanes) is 2. The van der Waals surface area contributed by atoms with Crippen LogP contribution in [0.5, 0.6) is 0 Å². The first kappa shape index (κ1) is 14.7. The lowest BCUT2D eigenvalue weighted by Gasteiger charge is -2.02. The van der Waals surface area contributed by atoms with E-state index in [1.54, 1.807) is 13.2 Å². The number of hydrogen-bond acceptors (Lipinski definition) is 5. The fourth-order valence-corrected chi connectivity index (χ4v) is 1.58. The molecule has 0 aliphatic carbocycles. The SMILES string of the molecule is COCCCCCNCc1cc(C(=O)OC)co1. The quantitative estimate of drug-likeness (QED) is 0.540. The van der Waals surface area contributed by atoms with Gasteiger partial charge in [0.15, 0.2) is 0 Å². The highest BCUT2D eigenvalue weighted by Crippen LogP contribution is 2.08. The second-order valence-electron chi connectivity index (χ2n) is 4.02. The number of carbonyl (C=O) groups is 1. The van der Waals surface area contributed by atoms with Gasteiger partial charge in [-0.25, -0.2) is 4.79 Å². The lowest BCUT2D eigenvalue weighted by atomic mass is 10.2. The molecule has 0 atom stereocenters. The van der Waals surface area contributed by atoms with Crippen LogP contribution in [0.2, 0.25) is 0 Å². The van der Waals surface area contributed by atoms with Crippen molar-refractivity contribution in [3.8, 4) is 0 Å². The number of esters is 1. The van der Waals surface area contributed by atoms with Crippen molar-refractivity contribution in [2.45, 2.75) is 25.8 Å². The molecule has 102 valence electrons. The van der Waals surface area contributed by atoms with Crippen molar-refractivity contribution in [2.75, 3.05) is 27.4 Å². The molecule has 0 saturated heterocycles. The van der Waals surface area contributed by atoms with Gasteiger partial charge in [0.1, 0.15) is 12.0 Å². The molecule has 1 aromatic heterocycles. The molecule has 0 aliphatic heterocycles. The van der Waals surface area contributed by atoms with Crippen molar-refractivity contribution in [3.05, 3.63) is 23.7 Å². The number of rotatable bonds is 9. The van der Waals surface area contributed by atoms with E-state index in [0.717, 1.165) is 38.2 Å². The normalized spacial score (nSPS) is 10.6. The summed E-state index contributed by atoms with van der Waals surface area (Å²) < 4.78 is 14.8. The van der Waals surface area contributed by atoms with Gasteiger partial charge in [0.05, 0.1) is 19.2 Å². The Hall–Kier alpha value is -1.33. The zero-order chi connectivity index (χ0) is 13.2. The van der Waals surface area contributed by atoms with Crippen molar-refractivity contribution < 1.29 is 18.7 Å². The van der Waals surface area contributed by atoms with Gasteiger partial charge in [-0.15, -0.1) is 0 Å². The average molecular weight is 255 g/mol. The first-order valence-corrected chi connectivity index (χ1v) is 6.13. The molecule has 0 saturated carbocycles. The minimum Gasteiger partial charge on any atom is -0.467 e. The summed E-state index contributed by atoms with van der Waals surface area (Å²) in [5.41, 5.74) is 0.453. The van der Waals surface area contributed by atoms with Gasteiger partial charge in [-0.1, -0.05) is 0 Å². The zero-order valence-electron chi connectivity index (χ0n) is 11.0. The molecule has 0 radical (unpaired) electrons. The van der Waals surface area contributed by atoms with Gasteiger partial charge in [-0.2, -0.15) is 0 Å². The number of nitrogens with one attached hydrogen (secondary N) is 1. The molecule has 18 heavy (non-hydrogen) atoms. The van der Waals surface area contributed by atoms with Gasteiger partial charge in [0, 0.05) is 13.7 Å². The molecule has 0 aliphatic rings. The van der Waals surface area contributed by atoms with Crippen LogP contribution in [0.4, 0.5) is 0 Å². The molecular formula is C13H21NO4. The Balaban J connectivity index is 2.12. The first-order chi connectivity index (χ1) is 8.77. The molecule has 1 aromatic rings. The molecule has 1 heterocycles. The highest BCUT2D eigenvalue weighted by Gasteiger charge is 2.09. The monoisotopic (exact) mass is 255 g/mol. The molecule has 0 amide bonds. The van der Waals surface area contributed by atoms with E-state index in [0.29, 0.717) is 12.1 Å². The van der Waals surface area contributed by atoms with E-state index in [-0.39, 0.29) is 5.97 Å². The van der Waals surface area contributed by atoms with Crippen molar-refractivity contribution in [3.63, 3.8) is 0 Å². The maximum absolute atomic E-state index is 11.2. The van der Waals surface area contributed by atoms with Crippen LogP contribution >= 0.6 is 0 Å². The highest BCUT2D eigenvalue weighted by atomic mass is 16.5. The van der Waals surface area contributed by atoms with E-state index in [4.69, 9.17) is 9.15 Å². The van der Waals surface area contributed by atoms with Crippen molar-refractivity contribution in [1.29, 1.82) is 0 Å². The number of ether oxygens (including phenoxy) is 2. The molecule has 1 N–H and O–H groups in total. The predicted octanol–water partition coefficient (Wildman–Crippen LogP) is 1.97. The summed E-state index contributed by atoms with van der Waals surface area (Å²) in [5.74, 6) is 0.372. The summed E-state index contributed by atoms with van der Waals surface area (Å²) in [6.07, 6.45) is 4.76. The largest absolute Gasteiger partial charge is 0.467 e. The third kappa shape index (κ3) is 5.33. The number of furan rings is 1. The van der Waals surface area contributed by atoms with Gasteiger partial charge >= 0.3 is 5.97 Å². The Labute approximate surface area is 107 Å². The minimum absolute atomic E-state index is 0.371. The Morgan fingerprint density at radius 3 is 2.89 bits per heavy atom. The maximum atomic E-state index is 11.2. The topological polar surface area (TPSA) is 60.7 Å². The van der Waals surface area contributed by atoms with E-state index in [1.165, 1.54) is 13.4 Å². The Morgan fingerprint density at radius 1 is 1.33 bits per heavy atom. The van der Waals surface area contributed by atoms with Crippen LogP contribution in [0.25, 0.3) is 0 Å². The smallest absolute Gasteiger partial charge is 0.341 e. The Kier molecular flexibility index (Phi) is 7.13. The highest BCUT2D eigenvalue weighted by molar-refractivity contribution is 5.88. The molecule has 1 rings (SSSR count). The molecule has 0 bridgehead atoms. The third-order valence-electron chi connectivity index (χ3n) is 2.58. The van der Waals surface area contributed by atoms with Crippen LogP contribution in [-0.4, -0.2) is 33.3 Å². The van der Waals surface area contributed by atoms with E-state index in [9.17, 15) is 4.79 Å². The summed E-state index contributed by atoms with van der Waals surface area (Å²) in [6.45, 7) is 2.37. The summed E-state index contributed by atoms with van der Waals surface area (Å²) >= 11 is 0. The predicted molar refractivity (Wildman–Crippen MR) is 67.5 cm³/mol. The fourth-order valence-electron chi connectivity index (χ4n) is 1.58. The lowest BCUT2D eigenvalue weighted by molar-refractivity contribution is 0.0600. The fraction of sp³-hybridized carbons (Fsp3) is 0.615. The standard InChI is InChI=1S/C13H21NO4/c1-16-7-5-3-4-6-14-9-12-8-11(10-18-12)13(15)17-2/h8,10,14H,3-7,9H2,1-2H3. The van der Waals surface area contributed by atoms with E-state index in [1.807, 2.05) is 0 Å². The molecule has 0 spiro atoms. The average Bonchev–Trinajstić information content (AvgIpc) is 2.85. The van der Waals surface area contributed by atoms with Crippen molar-refractivity contribution in [1.82, 2.24) is 5.32 Å². The summed E-state index contributed by atoms with van der Waals surface area (Å²) in [5, 5.41) is 3.26. The molecule has 5 nitrogen and oxygen atoms in total. The van der Waals surface area contributed by atoms with E-state index >= 15 is 0 Å². The van der Waals surface area contributed by atoms with E-state index in [2.05, 4.69) is 10.1 Å². The summed E-state index contributed by atoms with van der Waals surface area (Å²) in [7, 11) is 3.07. The van der Waals surface area contributed by atoms with Gasteiger partial charge in [-0.3, -0.25) is 0 Å². The van der Waals surface area contributed by atoms with Crippen molar-refractivity contribution >= 4 is 5.97 Å². The molecule has 0 fully saturated rings. The first-order valence-electron chi connectivity index (χ1n) is 6.13. The minimum atomic E-state index is -0.371. The summed E-state index contributed by atoms with van der Waals surface area (Å²) in [4.78, 5) is 11.2. The molecule has 0 unspecified atom stereocenters. The van der Waals surface area contributed by atoms with Gasteiger partial charge in [-0.05, 0) is 31.9 Å². The van der Waals surface area contributed by atoms with Gasteiger partial charge in [0.2, 0.25) is 0 Å². The number of carbonyl (C=O) groups excluding carboxylic acids is 1. The lowest BCUT2D eigenvalue weighted by Crippen LogP contribution is -2.14.